The molecule has 0 amide bonds. The molecule has 0 aliphatic carbocycles. The SMILES string of the molecule is CCCc1ccc(-c2csc(N3CCN(S(=O)(=O)c4ccccc4Cl)CC3)n2)cc1. The highest BCUT2D eigenvalue weighted by atomic mass is 35.5. The first-order valence-electron chi connectivity index (χ1n) is 10.0. The molecule has 1 aliphatic rings. The number of nitrogens with zero attached hydrogens (tertiary/aromatic N) is 3. The van der Waals surface area contributed by atoms with Gasteiger partial charge in [0.05, 0.1) is 10.7 Å². The van der Waals surface area contributed by atoms with Gasteiger partial charge in [-0.15, -0.1) is 11.3 Å². The van der Waals surface area contributed by atoms with E-state index in [1.807, 2.05) is 0 Å². The monoisotopic (exact) mass is 461 g/mol. The van der Waals surface area contributed by atoms with E-state index in [1.165, 1.54) is 9.87 Å². The number of sulfonamides is 1. The number of anilines is 1. The molecule has 2 heterocycles. The third kappa shape index (κ3) is 4.39. The molecule has 0 spiro atoms. The van der Waals surface area contributed by atoms with Crippen molar-refractivity contribution in [2.75, 3.05) is 31.1 Å². The Morgan fingerprint density at radius 2 is 1.73 bits per heavy atom. The maximum atomic E-state index is 12.9. The molecule has 0 atom stereocenters. The van der Waals surface area contributed by atoms with Crippen molar-refractivity contribution in [3.8, 4) is 11.3 Å². The molecule has 30 heavy (non-hydrogen) atoms. The first kappa shape index (κ1) is 21.3. The van der Waals surface area contributed by atoms with E-state index in [-0.39, 0.29) is 9.92 Å². The number of thiazole rings is 1. The van der Waals surface area contributed by atoms with E-state index >= 15 is 0 Å². The fourth-order valence-corrected chi connectivity index (χ4v) is 6.39. The summed E-state index contributed by atoms with van der Waals surface area (Å²) >= 11 is 7.71. The third-order valence-electron chi connectivity index (χ3n) is 5.24. The quantitative estimate of drug-likeness (QED) is 0.522. The Morgan fingerprint density at radius 3 is 2.40 bits per heavy atom. The van der Waals surface area contributed by atoms with Gasteiger partial charge in [-0.1, -0.05) is 61.3 Å². The fraction of sp³-hybridized carbons (Fsp3) is 0.318. The standard InChI is InChI=1S/C22H24ClN3O2S2/c1-2-5-17-8-10-18(11-9-17)20-16-29-22(24-20)25-12-14-26(15-13-25)30(27,28)21-7-4-3-6-19(21)23/h3-4,6-11,16H,2,5,12-15H2,1H3. The van der Waals surface area contributed by atoms with Crippen molar-refractivity contribution in [3.63, 3.8) is 0 Å². The van der Waals surface area contributed by atoms with Gasteiger partial charge in [0, 0.05) is 37.1 Å². The summed E-state index contributed by atoms with van der Waals surface area (Å²) in [6.45, 7) is 4.21. The topological polar surface area (TPSA) is 53.5 Å². The molecule has 8 heteroatoms. The van der Waals surface area contributed by atoms with Gasteiger partial charge in [0.2, 0.25) is 10.0 Å². The summed E-state index contributed by atoms with van der Waals surface area (Å²) in [6.07, 6.45) is 2.22. The lowest BCUT2D eigenvalue weighted by Gasteiger charge is -2.33. The van der Waals surface area contributed by atoms with Crippen molar-refractivity contribution in [2.45, 2.75) is 24.7 Å². The van der Waals surface area contributed by atoms with Crippen LogP contribution in [0.25, 0.3) is 11.3 Å². The average molecular weight is 462 g/mol. The molecule has 4 rings (SSSR count). The van der Waals surface area contributed by atoms with E-state index in [4.69, 9.17) is 16.6 Å². The summed E-state index contributed by atoms with van der Waals surface area (Å²) in [5.74, 6) is 0. The predicted molar refractivity (Wildman–Crippen MR) is 124 cm³/mol. The van der Waals surface area contributed by atoms with E-state index < -0.39 is 10.0 Å². The molecule has 0 unspecified atom stereocenters. The Labute approximate surface area is 187 Å². The summed E-state index contributed by atoms with van der Waals surface area (Å²) < 4.78 is 27.4. The van der Waals surface area contributed by atoms with Crippen LogP contribution in [0.2, 0.25) is 5.02 Å². The number of aryl methyl sites for hydroxylation is 1. The first-order chi connectivity index (χ1) is 14.5. The Morgan fingerprint density at radius 1 is 1.03 bits per heavy atom. The van der Waals surface area contributed by atoms with Gasteiger partial charge >= 0.3 is 0 Å². The normalized spacial score (nSPS) is 15.5. The molecule has 2 aromatic carbocycles. The zero-order chi connectivity index (χ0) is 21.1. The minimum Gasteiger partial charge on any atom is -0.345 e. The summed E-state index contributed by atoms with van der Waals surface area (Å²) in [6, 6.07) is 15.2. The van der Waals surface area contributed by atoms with Gasteiger partial charge < -0.3 is 4.90 Å². The molecule has 0 bridgehead atoms. The van der Waals surface area contributed by atoms with Crippen LogP contribution < -0.4 is 4.90 Å². The lowest BCUT2D eigenvalue weighted by molar-refractivity contribution is 0.385. The molecule has 0 saturated carbocycles. The largest absolute Gasteiger partial charge is 0.345 e. The second-order valence-electron chi connectivity index (χ2n) is 7.28. The molecular formula is C22H24ClN3O2S2. The number of benzene rings is 2. The fourth-order valence-electron chi connectivity index (χ4n) is 3.59. The summed E-state index contributed by atoms with van der Waals surface area (Å²) in [5.41, 5.74) is 3.41. The van der Waals surface area contributed by atoms with Crippen molar-refractivity contribution >= 4 is 38.1 Å². The third-order valence-corrected chi connectivity index (χ3v) is 8.54. The van der Waals surface area contributed by atoms with Crippen LogP contribution in [0.3, 0.4) is 0 Å². The van der Waals surface area contributed by atoms with Crippen molar-refractivity contribution in [3.05, 3.63) is 64.5 Å². The maximum absolute atomic E-state index is 12.9. The van der Waals surface area contributed by atoms with E-state index in [1.54, 1.807) is 35.6 Å². The van der Waals surface area contributed by atoms with Crippen molar-refractivity contribution < 1.29 is 8.42 Å². The Kier molecular flexibility index (Phi) is 6.43. The molecule has 3 aromatic rings. The molecule has 1 saturated heterocycles. The van der Waals surface area contributed by atoms with Gasteiger partial charge in [-0.3, -0.25) is 0 Å². The van der Waals surface area contributed by atoms with Crippen molar-refractivity contribution in [1.29, 1.82) is 0 Å². The average Bonchev–Trinajstić information content (AvgIpc) is 3.25. The second kappa shape index (κ2) is 9.06. The van der Waals surface area contributed by atoms with Crippen LogP contribution in [0.5, 0.6) is 0 Å². The number of rotatable bonds is 6. The zero-order valence-corrected chi connectivity index (χ0v) is 19.2. The van der Waals surface area contributed by atoms with Crippen LogP contribution in [0.4, 0.5) is 5.13 Å². The van der Waals surface area contributed by atoms with E-state index in [2.05, 4.69) is 41.5 Å². The Balaban J connectivity index is 1.43. The molecule has 5 nitrogen and oxygen atoms in total. The molecule has 0 radical (unpaired) electrons. The summed E-state index contributed by atoms with van der Waals surface area (Å²) in [4.78, 5) is 7.12. The summed E-state index contributed by atoms with van der Waals surface area (Å²) in [7, 11) is -3.59. The van der Waals surface area contributed by atoms with Crippen LogP contribution in [-0.4, -0.2) is 43.9 Å². The van der Waals surface area contributed by atoms with E-state index in [9.17, 15) is 8.42 Å². The summed E-state index contributed by atoms with van der Waals surface area (Å²) in [5, 5.41) is 3.25. The van der Waals surface area contributed by atoms with Crippen LogP contribution in [-0.2, 0) is 16.4 Å². The predicted octanol–water partition coefficient (Wildman–Crippen LogP) is 4.93. The van der Waals surface area contributed by atoms with E-state index in [0.29, 0.717) is 26.2 Å². The number of hydrogen-bond donors (Lipinski definition) is 0. The first-order valence-corrected chi connectivity index (χ1v) is 12.7. The molecule has 0 N–H and O–H groups in total. The highest BCUT2D eigenvalue weighted by Crippen LogP contribution is 2.30. The number of halogens is 1. The van der Waals surface area contributed by atoms with Gasteiger partial charge in [-0.25, -0.2) is 13.4 Å². The van der Waals surface area contributed by atoms with Gasteiger partial charge in [0.1, 0.15) is 4.90 Å². The van der Waals surface area contributed by atoms with E-state index in [0.717, 1.165) is 29.2 Å². The van der Waals surface area contributed by atoms with Crippen LogP contribution in [0.15, 0.2) is 58.8 Å². The smallest absolute Gasteiger partial charge is 0.244 e. The Hall–Kier alpha value is -1.93. The number of piperazine rings is 1. The van der Waals surface area contributed by atoms with Crippen molar-refractivity contribution in [2.24, 2.45) is 0 Å². The molecule has 1 fully saturated rings. The van der Waals surface area contributed by atoms with Gasteiger partial charge in [-0.05, 0) is 24.1 Å². The van der Waals surface area contributed by atoms with Gasteiger partial charge in [0.15, 0.2) is 5.13 Å². The lowest BCUT2D eigenvalue weighted by Crippen LogP contribution is -2.48. The lowest BCUT2D eigenvalue weighted by atomic mass is 10.1. The highest BCUT2D eigenvalue weighted by molar-refractivity contribution is 7.89. The molecular weight excluding hydrogens is 438 g/mol. The molecule has 158 valence electrons. The second-order valence-corrected chi connectivity index (χ2v) is 10.4. The van der Waals surface area contributed by atoms with Gasteiger partial charge in [-0.2, -0.15) is 4.31 Å². The molecule has 1 aromatic heterocycles. The van der Waals surface area contributed by atoms with Gasteiger partial charge in [0.25, 0.3) is 0 Å². The Bertz CT molecular complexity index is 1110. The van der Waals surface area contributed by atoms with Crippen LogP contribution in [0, 0.1) is 0 Å². The number of hydrogen-bond acceptors (Lipinski definition) is 5. The van der Waals surface area contributed by atoms with Crippen LogP contribution in [0.1, 0.15) is 18.9 Å². The minimum absolute atomic E-state index is 0.170. The highest BCUT2D eigenvalue weighted by Gasteiger charge is 2.30. The number of aromatic nitrogens is 1. The van der Waals surface area contributed by atoms with Crippen LogP contribution >= 0.6 is 22.9 Å². The minimum atomic E-state index is -3.59. The van der Waals surface area contributed by atoms with Crippen molar-refractivity contribution in [1.82, 2.24) is 9.29 Å². The zero-order valence-electron chi connectivity index (χ0n) is 16.8. The molecule has 1 aliphatic heterocycles. The maximum Gasteiger partial charge on any atom is 0.244 e.